The van der Waals surface area contributed by atoms with Crippen LogP contribution in [0.1, 0.15) is 18.4 Å². The number of halogens is 1. The molecule has 0 aromatic heterocycles. The van der Waals surface area contributed by atoms with Crippen LogP contribution in [0.5, 0.6) is 11.5 Å². The molecule has 0 saturated carbocycles. The highest BCUT2D eigenvalue weighted by molar-refractivity contribution is 5.82. The molecular weight excluding hydrogens is 387 g/mol. The van der Waals surface area contributed by atoms with Crippen LogP contribution in [0.2, 0.25) is 0 Å². The summed E-state index contributed by atoms with van der Waals surface area (Å²) in [6.45, 7) is 3.21. The fraction of sp³-hybridized carbons (Fsp3) is 0.435. The first-order valence-corrected chi connectivity index (χ1v) is 10.4. The second-order valence-corrected chi connectivity index (χ2v) is 7.52. The molecule has 0 unspecified atom stereocenters. The number of hydrogen-bond donors (Lipinski definition) is 1. The molecule has 1 saturated heterocycles. The highest BCUT2D eigenvalue weighted by Crippen LogP contribution is 2.33. The highest BCUT2D eigenvalue weighted by Gasteiger charge is 2.31. The third-order valence-corrected chi connectivity index (χ3v) is 5.63. The summed E-state index contributed by atoms with van der Waals surface area (Å²) < 4.78 is 31.5. The van der Waals surface area contributed by atoms with Crippen molar-refractivity contribution in [2.45, 2.75) is 25.4 Å². The zero-order valence-corrected chi connectivity index (χ0v) is 17.2. The van der Waals surface area contributed by atoms with E-state index in [1.807, 2.05) is 18.2 Å². The Balaban J connectivity index is 1.69. The van der Waals surface area contributed by atoms with Gasteiger partial charge in [0, 0.05) is 24.2 Å². The molecular formula is C23H27FN2O4. The number of fused-ring (bicyclic) bond motifs is 2. The normalized spacial score (nSPS) is 20.6. The van der Waals surface area contributed by atoms with E-state index in [1.165, 1.54) is 7.11 Å². The van der Waals surface area contributed by atoms with Gasteiger partial charge in [0.25, 0.3) is 0 Å². The zero-order valence-electron chi connectivity index (χ0n) is 17.2. The Labute approximate surface area is 175 Å². The lowest BCUT2D eigenvalue weighted by Crippen LogP contribution is -2.43. The highest BCUT2D eigenvalue weighted by atomic mass is 19.1. The molecule has 1 atom stereocenters. The third kappa shape index (κ3) is 4.42. The lowest BCUT2D eigenvalue weighted by Gasteiger charge is -2.25. The van der Waals surface area contributed by atoms with Crippen LogP contribution >= 0.6 is 0 Å². The average Bonchev–Trinajstić information content (AvgIpc) is 3.22. The molecule has 0 aliphatic carbocycles. The quantitative estimate of drug-likeness (QED) is 0.819. The van der Waals surface area contributed by atoms with E-state index >= 15 is 0 Å². The topological polar surface area (TPSA) is 60.0 Å². The van der Waals surface area contributed by atoms with Gasteiger partial charge in [-0.05, 0) is 43.1 Å². The van der Waals surface area contributed by atoms with Gasteiger partial charge in [-0.1, -0.05) is 18.2 Å². The van der Waals surface area contributed by atoms with Crippen molar-refractivity contribution in [2.24, 2.45) is 0 Å². The predicted molar refractivity (Wildman–Crippen MR) is 111 cm³/mol. The van der Waals surface area contributed by atoms with Gasteiger partial charge in [-0.25, -0.2) is 4.39 Å². The number of amides is 1. The predicted octanol–water partition coefficient (Wildman–Crippen LogP) is 2.99. The van der Waals surface area contributed by atoms with Crippen molar-refractivity contribution in [3.8, 4) is 22.6 Å². The fourth-order valence-electron chi connectivity index (χ4n) is 4.11. The van der Waals surface area contributed by atoms with Gasteiger partial charge >= 0.3 is 0 Å². The largest absolute Gasteiger partial charge is 0.494 e. The van der Waals surface area contributed by atoms with Gasteiger partial charge in [0.2, 0.25) is 5.91 Å². The van der Waals surface area contributed by atoms with E-state index in [-0.39, 0.29) is 17.7 Å². The Bertz CT molecular complexity index is 905. The van der Waals surface area contributed by atoms with Gasteiger partial charge in [0.05, 0.1) is 26.4 Å². The van der Waals surface area contributed by atoms with Crippen LogP contribution < -0.4 is 14.8 Å². The molecule has 2 heterocycles. The summed E-state index contributed by atoms with van der Waals surface area (Å²) in [7, 11) is 1.46. The number of nitrogens with zero attached hydrogens (tertiary/aromatic N) is 1. The maximum Gasteiger partial charge on any atom is 0.237 e. The maximum atomic E-state index is 14.8. The summed E-state index contributed by atoms with van der Waals surface area (Å²) in [5.41, 5.74) is 2.14. The molecule has 2 aliphatic heterocycles. The molecule has 160 valence electrons. The number of hydrogen-bond acceptors (Lipinski definition) is 5. The van der Waals surface area contributed by atoms with Gasteiger partial charge in [0.1, 0.15) is 12.4 Å². The van der Waals surface area contributed by atoms with Crippen LogP contribution in [0, 0.1) is 5.82 Å². The van der Waals surface area contributed by atoms with Crippen LogP contribution in [0.3, 0.4) is 0 Å². The van der Waals surface area contributed by atoms with Crippen LogP contribution in [0.4, 0.5) is 4.39 Å². The number of methoxy groups -OCH3 is 1. The van der Waals surface area contributed by atoms with E-state index in [1.54, 1.807) is 18.2 Å². The molecule has 30 heavy (non-hydrogen) atoms. The molecule has 0 bridgehead atoms. The molecule has 0 spiro atoms. The van der Waals surface area contributed by atoms with Gasteiger partial charge < -0.3 is 19.5 Å². The molecule has 2 aromatic rings. The molecule has 1 amide bonds. The number of rotatable bonds is 2. The Morgan fingerprint density at radius 1 is 1.20 bits per heavy atom. The van der Waals surface area contributed by atoms with Crippen LogP contribution in [-0.2, 0) is 16.1 Å². The van der Waals surface area contributed by atoms with Gasteiger partial charge in [-0.3, -0.25) is 9.69 Å². The van der Waals surface area contributed by atoms with Crippen molar-refractivity contribution in [1.29, 1.82) is 0 Å². The molecule has 2 aromatic carbocycles. The second kappa shape index (κ2) is 9.45. The number of carbonyl (C=O) groups excluding carboxylic acids is 1. The van der Waals surface area contributed by atoms with Crippen molar-refractivity contribution in [1.82, 2.24) is 10.2 Å². The minimum Gasteiger partial charge on any atom is -0.494 e. The summed E-state index contributed by atoms with van der Waals surface area (Å²) >= 11 is 0. The smallest absolute Gasteiger partial charge is 0.237 e. The Morgan fingerprint density at radius 3 is 2.97 bits per heavy atom. The summed E-state index contributed by atoms with van der Waals surface area (Å²) in [4.78, 5) is 14.8. The molecule has 7 heteroatoms. The first-order chi connectivity index (χ1) is 14.7. The van der Waals surface area contributed by atoms with Crippen molar-refractivity contribution < 1.29 is 23.4 Å². The van der Waals surface area contributed by atoms with Gasteiger partial charge in [-0.2, -0.15) is 0 Å². The van der Waals surface area contributed by atoms with Crippen molar-refractivity contribution in [2.75, 3.05) is 40.0 Å². The second-order valence-electron chi connectivity index (χ2n) is 7.52. The van der Waals surface area contributed by atoms with Crippen LogP contribution in [-0.4, -0.2) is 56.9 Å². The fourth-order valence-corrected chi connectivity index (χ4v) is 4.11. The van der Waals surface area contributed by atoms with Gasteiger partial charge in [0.15, 0.2) is 11.6 Å². The lowest BCUT2D eigenvalue weighted by molar-refractivity contribution is -0.125. The van der Waals surface area contributed by atoms with Crippen molar-refractivity contribution in [3.63, 3.8) is 0 Å². The number of carbonyl (C=O) groups is 1. The molecule has 0 radical (unpaired) electrons. The van der Waals surface area contributed by atoms with E-state index in [0.29, 0.717) is 38.5 Å². The van der Waals surface area contributed by atoms with E-state index in [2.05, 4.69) is 10.2 Å². The van der Waals surface area contributed by atoms with Crippen LogP contribution in [0.15, 0.2) is 36.4 Å². The lowest BCUT2D eigenvalue weighted by atomic mass is 10.0. The number of benzene rings is 2. The van der Waals surface area contributed by atoms with E-state index < -0.39 is 5.82 Å². The third-order valence-electron chi connectivity index (χ3n) is 5.63. The minimum absolute atomic E-state index is 0.0350. The van der Waals surface area contributed by atoms with Crippen LogP contribution in [0.25, 0.3) is 11.1 Å². The summed E-state index contributed by atoms with van der Waals surface area (Å²) in [5, 5.41) is 2.96. The number of ether oxygens (including phenoxy) is 3. The summed E-state index contributed by atoms with van der Waals surface area (Å²) in [6, 6.07) is 10.6. The summed E-state index contributed by atoms with van der Waals surface area (Å²) in [5.74, 6) is 0.585. The van der Waals surface area contributed by atoms with E-state index in [9.17, 15) is 9.18 Å². The Hall–Kier alpha value is -2.64. The van der Waals surface area contributed by atoms with E-state index in [0.717, 1.165) is 36.3 Å². The standard InChI is InChI=1S/C23H27FN2O4/c1-28-21-6-2-4-18(22(21)24)16-7-8-20-17(14-16)15-26-10-3-5-19(26)23(27)25-9-11-29-12-13-30-20/h2,4,6-8,14,19H,3,5,9-13,15H2,1H3,(H,25,27)/t19-/m0/s1. The monoisotopic (exact) mass is 414 g/mol. The first-order valence-electron chi connectivity index (χ1n) is 10.4. The van der Waals surface area contributed by atoms with Gasteiger partial charge in [-0.15, -0.1) is 0 Å². The molecule has 1 N–H and O–H groups in total. The first kappa shape index (κ1) is 20.6. The Kier molecular flexibility index (Phi) is 6.50. The van der Waals surface area contributed by atoms with Crippen molar-refractivity contribution in [3.05, 3.63) is 47.8 Å². The number of nitrogens with one attached hydrogen (secondary N) is 1. The Morgan fingerprint density at radius 2 is 2.10 bits per heavy atom. The summed E-state index contributed by atoms with van der Waals surface area (Å²) in [6.07, 6.45) is 1.79. The van der Waals surface area contributed by atoms with E-state index in [4.69, 9.17) is 14.2 Å². The molecule has 2 aliphatic rings. The minimum atomic E-state index is -0.391. The maximum absolute atomic E-state index is 14.8. The molecule has 1 fully saturated rings. The van der Waals surface area contributed by atoms with Crippen molar-refractivity contribution >= 4 is 5.91 Å². The molecule has 6 nitrogen and oxygen atoms in total. The zero-order chi connectivity index (χ0) is 20.9. The molecule has 4 rings (SSSR count). The SMILES string of the molecule is COc1cccc(-c2ccc3c(c2)CN2CCC[C@H]2C(=O)NCCOCCO3)c1F. The average molecular weight is 414 g/mol.